The van der Waals surface area contributed by atoms with E-state index in [1.807, 2.05) is 12.3 Å². The van der Waals surface area contributed by atoms with Crippen molar-refractivity contribution in [3.05, 3.63) is 36.5 Å². The van der Waals surface area contributed by atoms with E-state index in [0.29, 0.717) is 17.7 Å². The van der Waals surface area contributed by atoms with Gasteiger partial charge in [-0.25, -0.2) is 8.42 Å². The van der Waals surface area contributed by atoms with Gasteiger partial charge in [0.15, 0.2) is 0 Å². The molecule has 1 saturated carbocycles. The quantitative estimate of drug-likeness (QED) is 0.602. The van der Waals surface area contributed by atoms with Gasteiger partial charge in [-0.15, -0.1) is 0 Å². The molecule has 0 saturated heterocycles. The summed E-state index contributed by atoms with van der Waals surface area (Å²) in [7, 11) is -1.76. The Bertz CT molecular complexity index is 1060. The van der Waals surface area contributed by atoms with E-state index < -0.39 is 10.0 Å². The summed E-state index contributed by atoms with van der Waals surface area (Å²) in [5.41, 5.74) is 2.14. The highest BCUT2D eigenvalue weighted by Crippen LogP contribution is 2.28. The SMILES string of the molecule is CN(c1ccc(Nc2nc(NC3CCC3)c3cc[nH]c3n2)cc1)S(C)(=O)=O. The van der Waals surface area contributed by atoms with Crippen molar-refractivity contribution in [3.8, 4) is 0 Å². The molecule has 1 aromatic carbocycles. The molecule has 0 unspecified atom stereocenters. The maximum atomic E-state index is 11.6. The summed E-state index contributed by atoms with van der Waals surface area (Å²) in [6.45, 7) is 0. The van der Waals surface area contributed by atoms with Gasteiger partial charge in [0.25, 0.3) is 0 Å². The van der Waals surface area contributed by atoms with Crippen LogP contribution in [0.3, 0.4) is 0 Å². The van der Waals surface area contributed by atoms with E-state index in [4.69, 9.17) is 0 Å². The normalized spacial score (nSPS) is 14.7. The Labute approximate surface area is 158 Å². The van der Waals surface area contributed by atoms with E-state index in [2.05, 4.69) is 25.6 Å². The second-order valence-corrected chi connectivity index (χ2v) is 8.82. The minimum atomic E-state index is -3.28. The lowest BCUT2D eigenvalue weighted by atomic mass is 9.93. The maximum Gasteiger partial charge on any atom is 0.231 e. The summed E-state index contributed by atoms with van der Waals surface area (Å²) >= 11 is 0. The van der Waals surface area contributed by atoms with Crippen LogP contribution in [-0.2, 0) is 10.0 Å². The zero-order valence-corrected chi connectivity index (χ0v) is 16.0. The molecule has 0 radical (unpaired) electrons. The molecule has 1 fully saturated rings. The Morgan fingerprint density at radius 3 is 2.52 bits per heavy atom. The van der Waals surface area contributed by atoms with E-state index in [9.17, 15) is 8.42 Å². The predicted octanol–water partition coefficient (Wildman–Crippen LogP) is 3.06. The standard InChI is InChI=1S/C18H22N6O2S/c1-24(27(2,25)26)14-8-6-13(7-9-14)21-18-22-16-15(10-11-19-16)17(23-18)20-12-4-3-5-12/h6-12H,3-5H2,1-2H3,(H3,19,20,21,22,23). The molecule has 0 spiro atoms. The number of hydrogen-bond acceptors (Lipinski definition) is 6. The lowest BCUT2D eigenvalue weighted by molar-refractivity contribution is 0.445. The number of aromatic nitrogens is 3. The van der Waals surface area contributed by atoms with E-state index in [-0.39, 0.29) is 0 Å². The Morgan fingerprint density at radius 1 is 1.15 bits per heavy atom. The fourth-order valence-electron chi connectivity index (χ4n) is 2.93. The van der Waals surface area contributed by atoms with Crippen molar-refractivity contribution in [2.24, 2.45) is 0 Å². The monoisotopic (exact) mass is 386 g/mol. The fourth-order valence-corrected chi connectivity index (χ4v) is 3.43. The number of rotatable bonds is 6. The second kappa shape index (κ2) is 6.73. The summed E-state index contributed by atoms with van der Waals surface area (Å²) in [6.07, 6.45) is 6.60. The van der Waals surface area contributed by atoms with Gasteiger partial charge in [-0.3, -0.25) is 4.31 Å². The van der Waals surface area contributed by atoms with Gasteiger partial charge >= 0.3 is 0 Å². The molecule has 27 heavy (non-hydrogen) atoms. The summed E-state index contributed by atoms with van der Waals surface area (Å²) in [5, 5.41) is 7.65. The number of aromatic amines is 1. The third kappa shape index (κ3) is 3.68. The molecule has 9 heteroatoms. The molecule has 0 amide bonds. The average molecular weight is 386 g/mol. The molecule has 8 nitrogen and oxygen atoms in total. The van der Waals surface area contributed by atoms with Crippen molar-refractivity contribution in [1.29, 1.82) is 0 Å². The van der Waals surface area contributed by atoms with Crippen molar-refractivity contribution < 1.29 is 8.42 Å². The minimum absolute atomic E-state index is 0.469. The van der Waals surface area contributed by atoms with Gasteiger partial charge in [0, 0.05) is 25.0 Å². The van der Waals surface area contributed by atoms with Gasteiger partial charge < -0.3 is 15.6 Å². The summed E-state index contributed by atoms with van der Waals surface area (Å²) in [6, 6.07) is 9.53. The first-order valence-corrected chi connectivity index (χ1v) is 10.7. The third-order valence-electron chi connectivity index (χ3n) is 4.85. The largest absolute Gasteiger partial charge is 0.367 e. The van der Waals surface area contributed by atoms with Crippen molar-refractivity contribution >= 4 is 44.2 Å². The molecule has 0 aliphatic heterocycles. The topological polar surface area (TPSA) is 103 Å². The van der Waals surface area contributed by atoms with Gasteiger partial charge in [-0.2, -0.15) is 9.97 Å². The van der Waals surface area contributed by atoms with Crippen molar-refractivity contribution in [2.45, 2.75) is 25.3 Å². The lowest BCUT2D eigenvalue weighted by Crippen LogP contribution is -2.27. The molecule has 3 N–H and O–H groups in total. The maximum absolute atomic E-state index is 11.6. The highest BCUT2D eigenvalue weighted by Gasteiger charge is 2.19. The molecule has 3 aromatic rings. The van der Waals surface area contributed by atoms with Gasteiger partial charge in [-0.05, 0) is 49.6 Å². The van der Waals surface area contributed by atoms with Crippen LogP contribution in [0.15, 0.2) is 36.5 Å². The van der Waals surface area contributed by atoms with Crippen molar-refractivity contribution in [3.63, 3.8) is 0 Å². The number of nitrogens with zero attached hydrogens (tertiary/aromatic N) is 3. The molecule has 1 aliphatic rings. The molecule has 1 aliphatic carbocycles. The average Bonchev–Trinajstić information content (AvgIpc) is 3.06. The van der Waals surface area contributed by atoms with Crippen LogP contribution >= 0.6 is 0 Å². The first-order valence-electron chi connectivity index (χ1n) is 8.83. The highest BCUT2D eigenvalue weighted by atomic mass is 32.2. The van der Waals surface area contributed by atoms with E-state index in [1.165, 1.54) is 24.0 Å². The Kier molecular flexibility index (Phi) is 4.39. The van der Waals surface area contributed by atoms with E-state index in [1.54, 1.807) is 24.3 Å². The van der Waals surface area contributed by atoms with Crippen LogP contribution in [0.2, 0.25) is 0 Å². The number of H-pyrrole nitrogens is 1. The number of sulfonamides is 1. The van der Waals surface area contributed by atoms with Crippen LogP contribution in [-0.4, -0.2) is 42.7 Å². The fraction of sp³-hybridized carbons (Fsp3) is 0.333. The van der Waals surface area contributed by atoms with Crippen LogP contribution in [0.4, 0.5) is 23.1 Å². The van der Waals surface area contributed by atoms with Gasteiger partial charge in [0.1, 0.15) is 11.5 Å². The van der Waals surface area contributed by atoms with Crippen molar-refractivity contribution in [2.75, 3.05) is 28.2 Å². The predicted molar refractivity (Wildman–Crippen MR) is 108 cm³/mol. The van der Waals surface area contributed by atoms with E-state index >= 15 is 0 Å². The number of fused-ring (bicyclic) bond motifs is 1. The number of anilines is 4. The number of hydrogen-bond donors (Lipinski definition) is 3. The third-order valence-corrected chi connectivity index (χ3v) is 6.05. The van der Waals surface area contributed by atoms with Crippen LogP contribution in [0.5, 0.6) is 0 Å². The van der Waals surface area contributed by atoms with Crippen LogP contribution in [0.1, 0.15) is 19.3 Å². The summed E-state index contributed by atoms with van der Waals surface area (Å²) < 4.78 is 24.5. The van der Waals surface area contributed by atoms with Gasteiger partial charge in [-0.1, -0.05) is 0 Å². The molecular formula is C18H22N6O2S. The number of nitrogens with one attached hydrogen (secondary N) is 3. The van der Waals surface area contributed by atoms with Crippen LogP contribution < -0.4 is 14.9 Å². The second-order valence-electron chi connectivity index (χ2n) is 6.81. The van der Waals surface area contributed by atoms with E-state index in [0.717, 1.165) is 35.4 Å². The molecule has 0 atom stereocenters. The smallest absolute Gasteiger partial charge is 0.231 e. The summed E-state index contributed by atoms with van der Waals surface area (Å²) in [5.74, 6) is 1.30. The molecule has 2 aromatic heterocycles. The lowest BCUT2D eigenvalue weighted by Gasteiger charge is -2.27. The zero-order chi connectivity index (χ0) is 19.0. The van der Waals surface area contributed by atoms with Crippen LogP contribution in [0.25, 0.3) is 11.0 Å². The first-order chi connectivity index (χ1) is 12.9. The Balaban J connectivity index is 1.57. The van der Waals surface area contributed by atoms with Gasteiger partial charge in [0.2, 0.25) is 16.0 Å². The molecule has 142 valence electrons. The van der Waals surface area contributed by atoms with Crippen molar-refractivity contribution in [1.82, 2.24) is 15.0 Å². The minimum Gasteiger partial charge on any atom is -0.367 e. The first kappa shape index (κ1) is 17.6. The Hall–Kier alpha value is -2.81. The molecule has 4 rings (SSSR count). The Morgan fingerprint density at radius 2 is 1.89 bits per heavy atom. The summed E-state index contributed by atoms with van der Waals surface area (Å²) in [4.78, 5) is 12.3. The molecule has 0 bridgehead atoms. The molecular weight excluding hydrogens is 364 g/mol. The highest BCUT2D eigenvalue weighted by molar-refractivity contribution is 7.92. The number of benzene rings is 1. The zero-order valence-electron chi connectivity index (χ0n) is 15.2. The van der Waals surface area contributed by atoms with Crippen LogP contribution in [0, 0.1) is 0 Å². The van der Waals surface area contributed by atoms with Gasteiger partial charge in [0.05, 0.1) is 17.3 Å². The molecule has 2 heterocycles.